The zero-order valence-corrected chi connectivity index (χ0v) is 14.7. The molecule has 2 rings (SSSR count). The van der Waals surface area contributed by atoms with Crippen LogP contribution >= 0.6 is 39.1 Å². The standard InChI is InChI=1S/C12H11BrCl2N2O3S/c1-17-5-8(4-7(17)6-18)21(19,20)16-10-3-2-9(13)11(14)12(10)15/h2-5,16,18H,6H2,1H3. The number of hydrogen-bond acceptors (Lipinski definition) is 3. The second-order valence-corrected chi connectivity index (χ2v) is 7.56. The van der Waals surface area contributed by atoms with Crippen molar-refractivity contribution in [2.45, 2.75) is 11.5 Å². The number of aliphatic hydroxyl groups is 1. The first kappa shape index (κ1) is 16.6. The van der Waals surface area contributed by atoms with Crippen molar-refractivity contribution in [2.75, 3.05) is 4.72 Å². The van der Waals surface area contributed by atoms with Crippen molar-refractivity contribution in [2.24, 2.45) is 7.05 Å². The molecule has 21 heavy (non-hydrogen) atoms. The summed E-state index contributed by atoms with van der Waals surface area (Å²) in [5.41, 5.74) is 0.662. The van der Waals surface area contributed by atoms with Gasteiger partial charge >= 0.3 is 0 Å². The molecule has 0 fully saturated rings. The van der Waals surface area contributed by atoms with E-state index in [-0.39, 0.29) is 27.2 Å². The van der Waals surface area contributed by atoms with E-state index in [2.05, 4.69) is 20.7 Å². The van der Waals surface area contributed by atoms with Crippen molar-refractivity contribution < 1.29 is 13.5 Å². The van der Waals surface area contributed by atoms with Gasteiger partial charge in [0.25, 0.3) is 10.0 Å². The quantitative estimate of drug-likeness (QED) is 0.754. The van der Waals surface area contributed by atoms with Crippen molar-refractivity contribution in [3.8, 4) is 0 Å². The van der Waals surface area contributed by atoms with Gasteiger partial charge in [-0.2, -0.15) is 0 Å². The number of aromatic nitrogens is 1. The molecule has 0 spiro atoms. The predicted molar refractivity (Wildman–Crippen MR) is 86.3 cm³/mol. The smallest absolute Gasteiger partial charge is 0.263 e. The fraction of sp³-hybridized carbons (Fsp3) is 0.167. The van der Waals surface area contributed by atoms with E-state index in [1.54, 1.807) is 13.1 Å². The third kappa shape index (κ3) is 3.37. The van der Waals surface area contributed by atoms with E-state index in [0.717, 1.165) is 0 Å². The molecular formula is C12H11BrCl2N2O3S. The Balaban J connectivity index is 2.40. The van der Waals surface area contributed by atoms with E-state index in [1.165, 1.54) is 22.9 Å². The van der Waals surface area contributed by atoms with E-state index in [4.69, 9.17) is 28.3 Å². The van der Waals surface area contributed by atoms with Gasteiger partial charge in [-0.1, -0.05) is 23.2 Å². The Morgan fingerprint density at radius 1 is 1.33 bits per heavy atom. The summed E-state index contributed by atoms with van der Waals surface area (Å²) in [7, 11) is -2.17. The Hall–Kier alpha value is -0.730. The number of aryl methyl sites for hydroxylation is 1. The Bertz CT molecular complexity index is 790. The van der Waals surface area contributed by atoms with Crippen LogP contribution in [0.5, 0.6) is 0 Å². The summed E-state index contributed by atoms with van der Waals surface area (Å²) in [4.78, 5) is 0.0316. The van der Waals surface area contributed by atoms with Crippen molar-refractivity contribution in [3.63, 3.8) is 0 Å². The van der Waals surface area contributed by atoms with Gasteiger partial charge in [-0.3, -0.25) is 4.72 Å². The molecule has 2 aromatic rings. The number of rotatable bonds is 4. The molecule has 0 aliphatic carbocycles. The molecule has 5 nitrogen and oxygen atoms in total. The van der Waals surface area contributed by atoms with E-state index in [1.807, 2.05) is 0 Å². The SMILES string of the molecule is Cn1cc(S(=O)(=O)Nc2ccc(Br)c(Cl)c2Cl)cc1CO. The molecule has 9 heteroatoms. The molecule has 0 radical (unpaired) electrons. The molecule has 0 saturated heterocycles. The van der Waals surface area contributed by atoms with E-state index < -0.39 is 10.0 Å². The topological polar surface area (TPSA) is 71.3 Å². The van der Waals surface area contributed by atoms with Crippen LogP contribution in [0.3, 0.4) is 0 Å². The molecule has 1 aromatic carbocycles. The Kier molecular flexibility index (Phi) is 4.89. The minimum atomic E-state index is -3.82. The van der Waals surface area contributed by atoms with Crippen LogP contribution < -0.4 is 4.72 Å². The van der Waals surface area contributed by atoms with Gasteiger partial charge in [0.1, 0.15) is 4.90 Å². The largest absolute Gasteiger partial charge is 0.390 e. The predicted octanol–water partition coefficient (Wildman–Crippen LogP) is 3.39. The molecule has 0 saturated carbocycles. The zero-order chi connectivity index (χ0) is 15.8. The van der Waals surface area contributed by atoms with Crippen molar-refractivity contribution in [1.29, 1.82) is 0 Å². The van der Waals surface area contributed by atoms with E-state index in [9.17, 15) is 8.42 Å². The lowest BCUT2D eigenvalue weighted by Crippen LogP contribution is -2.12. The van der Waals surface area contributed by atoms with Crippen LogP contribution in [0.2, 0.25) is 10.0 Å². The van der Waals surface area contributed by atoms with Crippen molar-refractivity contribution in [3.05, 3.63) is 44.6 Å². The van der Waals surface area contributed by atoms with Crippen LogP contribution in [0.25, 0.3) is 0 Å². The van der Waals surface area contributed by atoms with Crippen LogP contribution in [0.15, 0.2) is 33.8 Å². The minimum absolute atomic E-state index is 0.0316. The molecule has 0 aliphatic heterocycles. The second-order valence-electron chi connectivity index (χ2n) is 4.26. The summed E-state index contributed by atoms with van der Waals surface area (Å²) >= 11 is 15.2. The van der Waals surface area contributed by atoms with Gasteiger partial charge in [-0.25, -0.2) is 8.42 Å². The third-order valence-corrected chi connectivity index (χ3v) is 5.94. The summed E-state index contributed by atoms with van der Waals surface area (Å²) < 4.78 is 29.1. The molecule has 0 atom stereocenters. The number of benzene rings is 1. The first-order chi connectivity index (χ1) is 9.76. The lowest BCUT2D eigenvalue weighted by atomic mass is 10.3. The number of anilines is 1. The number of hydrogen-bond donors (Lipinski definition) is 2. The van der Waals surface area contributed by atoms with Gasteiger partial charge in [0.2, 0.25) is 0 Å². The van der Waals surface area contributed by atoms with Crippen LogP contribution in [0, 0.1) is 0 Å². The lowest BCUT2D eigenvalue weighted by molar-refractivity contribution is 0.272. The summed E-state index contributed by atoms with van der Waals surface area (Å²) in [6.45, 7) is -0.253. The first-order valence-corrected chi connectivity index (χ1v) is 8.72. The van der Waals surface area contributed by atoms with Crippen LogP contribution in [-0.2, 0) is 23.7 Å². The average Bonchev–Trinajstić information content (AvgIpc) is 2.81. The van der Waals surface area contributed by atoms with Gasteiger partial charge in [0, 0.05) is 23.4 Å². The molecule has 114 valence electrons. The summed E-state index contributed by atoms with van der Waals surface area (Å²) in [6.07, 6.45) is 1.41. The highest BCUT2D eigenvalue weighted by Crippen LogP contribution is 2.36. The van der Waals surface area contributed by atoms with Crippen LogP contribution in [0.4, 0.5) is 5.69 Å². The monoisotopic (exact) mass is 412 g/mol. The molecule has 0 aliphatic rings. The molecule has 2 N–H and O–H groups in total. The normalized spacial score (nSPS) is 11.7. The van der Waals surface area contributed by atoms with Crippen molar-refractivity contribution in [1.82, 2.24) is 4.57 Å². The summed E-state index contributed by atoms with van der Waals surface area (Å²) in [6, 6.07) is 4.48. The lowest BCUT2D eigenvalue weighted by Gasteiger charge is -2.10. The van der Waals surface area contributed by atoms with Gasteiger partial charge in [0.15, 0.2) is 0 Å². The Morgan fingerprint density at radius 2 is 2.00 bits per heavy atom. The fourth-order valence-electron chi connectivity index (χ4n) is 1.69. The highest BCUT2D eigenvalue weighted by Gasteiger charge is 2.20. The van der Waals surface area contributed by atoms with E-state index in [0.29, 0.717) is 10.2 Å². The molecule has 1 aromatic heterocycles. The molecule has 0 amide bonds. The molecule has 0 bridgehead atoms. The minimum Gasteiger partial charge on any atom is -0.390 e. The maximum atomic E-state index is 12.3. The second kappa shape index (κ2) is 6.18. The first-order valence-electron chi connectivity index (χ1n) is 5.68. The number of sulfonamides is 1. The Morgan fingerprint density at radius 3 is 2.57 bits per heavy atom. The highest BCUT2D eigenvalue weighted by atomic mass is 79.9. The molecule has 0 unspecified atom stereocenters. The number of nitrogens with one attached hydrogen (secondary N) is 1. The van der Waals surface area contributed by atoms with Crippen LogP contribution in [0.1, 0.15) is 5.69 Å². The third-order valence-electron chi connectivity index (χ3n) is 2.83. The maximum absolute atomic E-state index is 12.3. The van der Waals surface area contributed by atoms with Crippen molar-refractivity contribution >= 4 is 54.8 Å². The van der Waals surface area contributed by atoms with Gasteiger partial charge in [-0.15, -0.1) is 0 Å². The van der Waals surface area contributed by atoms with Gasteiger partial charge in [-0.05, 0) is 34.1 Å². The summed E-state index contributed by atoms with van der Waals surface area (Å²) in [5.74, 6) is 0. The maximum Gasteiger partial charge on any atom is 0.263 e. The number of halogens is 3. The molecule has 1 heterocycles. The highest BCUT2D eigenvalue weighted by molar-refractivity contribution is 9.10. The summed E-state index contributed by atoms with van der Waals surface area (Å²) in [5, 5.41) is 9.45. The van der Waals surface area contributed by atoms with E-state index >= 15 is 0 Å². The fourth-order valence-corrected chi connectivity index (χ4v) is 3.73. The average molecular weight is 414 g/mol. The number of aliphatic hydroxyl groups excluding tert-OH is 1. The zero-order valence-electron chi connectivity index (χ0n) is 10.8. The van der Waals surface area contributed by atoms with Gasteiger partial charge < -0.3 is 9.67 Å². The number of nitrogens with zero attached hydrogens (tertiary/aromatic N) is 1. The molecular weight excluding hydrogens is 403 g/mol. The Labute approximate surface area is 140 Å². The van der Waals surface area contributed by atoms with Crippen LogP contribution in [-0.4, -0.2) is 18.1 Å². The van der Waals surface area contributed by atoms with Gasteiger partial charge in [0.05, 0.1) is 22.3 Å².